The third-order valence-corrected chi connectivity index (χ3v) is 3.42. The highest BCUT2D eigenvalue weighted by Crippen LogP contribution is 2.44. The Hall–Kier alpha value is -1.30. The van der Waals surface area contributed by atoms with E-state index in [0.717, 1.165) is 0 Å². The van der Waals surface area contributed by atoms with E-state index in [9.17, 15) is 27.5 Å². The van der Waals surface area contributed by atoms with Crippen molar-refractivity contribution in [1.82, 2.24) is 9.55 Å². The summed E-state index contributed by atoms with van der Waals surface area (Å²) in [6.07, 6.45) is -10.1. The van der Waals surface area contributed by atoms with E-state index in [2.05, 4.69) is 12.2 Å². The summed E-state index contributed by atoms with van der Waals surface area (Å²) in [7, 11) is 0. The lowest BCUT2D eigenvalue weighted by Crippen LogP contribution is -2.41. The highest BCUT2D eigenvalue weighted by Gasteiger charge is 2.58. The van der Waals surface area contributed by atoms with Gasteiger partial charge in [0.05, 0.1) is 18.9 Å². The van der Waals surface area contributed by atoms with Crippen LogP contribution >= 0.6 is 12.2 Å². The van der Waals surface area contributed by atoms with Gasteiger partial charge in [0.25, 0.3) is 0 Å². The number of aromatic amines is 1. The zero-order chi connectivity index (χ0) is 15.9. The quantitative estimate of drug-likeness (QED) is 0.542. The second-order valence-electron chi connectivity index (χ2n) is 4.45. The molecule has 11 heteroatoms. The predicted octanol–water partition coefficient (Wildman–Crippen LogP) is 0.474. The average Bonchev–Trinajstić information content (AvgIpc) is 2.70. The molecule has 0 aromatic carbocycles. The van der Waals surface area contributed by atoms with Crippen LogP contribution in [-0.2, 0) is 4.74 Å². The highest BCUT2D eigenvalue weighted by molar-refractivity contribution is 7.71. The van der Waals surface area contributed by atoms with Crippen LogP contribution in [-0.4, -0.2) is 44.8 Å². The van der Waals surface area contributed by atoms with E-state index >= 15 is 0 Å². The van der Waals surface area contributed by atoms with Gasteiger partial charge < -0.3 is 14.9 Å². The Morgan fingerprint density at radius 3 is 2.62 bits per heavy atom. The molecule has 4 atom stereocenters. The number of aliphatic hydroxyl groups is 2. The number of aromatic nitrogens is 2. The van der Waals surface area contributed by atoms with E-state index in [1.165, 1.54) is 0 Å². The molecule has 0 spiro atoms. The molecule has 1 unspecified atom stereocenters. The minimum atomic E-state index is -4.92. The fraction of sp³-hybridized carbons (Fsp3) is 0.600. The molecule has 21 heavy (non-hydrogen) atoms. The van der Waals surface area contributed by atoms with Crippen LogP contribution < -0.4 is 5.69 Å². The van der Waals surface area contributed by atoms with Crippen molar-refractivity contribution in [3.8, 4) is 0 Å². The Morgan fingerprint density at radius 1 is 1.48 bits per heavy atom. The molecule has 1 aliphatic heterocycles. The van der Waals surface area contributed by atoms with E-state index in [4.69, 9.17) is 9.84 Å². The standard InChI is InChI=1S/C10H10F4N2O4S/c11-3-1-16(9(19)15-7(3)21)8-5(10(12,13)14)6(18)4(2-17)20-8/h1,4-6,8,17-18H,2H2,(H,15,19,21)/t4-,5?,6+,8-/m1/s1. The van der Waals surface area contributed by atoms with Crippen LogP contribution in [0.3, 0.4) is 0 Å². The van der Waals surface area contributed by atoms with Crippen LogP contribution in [0.2, 0.25) is 0 Å². The van der Waals surface area contributed by atoms with Crippen molar-refractivity contribution in [3.63, 3.8) is 0 Å². The number of alkyl halides is 3. The first-order valence-electron chi connectivity index (χ1n) is 5.69. The number of nitrogens with one attached hydrogen (secondary N) is 1. The monoisotopic (exact) mass is 330 g/mol. The van der Waals surface area contributed by atoms with E-state index in [1.807, 2.05) is 4.98 Å². The Morgan fingerprint density at radius 2 is 2.10 bits per heavy atom. The van der Waals surface area contributed by atoms with Gasteiger partial charge in [0.2, 0.25) is 0 Å². The molecule has 0 radical (unpaired) electrons. The fourth-order valence-electron chi connectivity index (χ4n) is 2.14. The van der Waals surface area contributed by atoms with Gasteiger partial charge in [0.15, 0.2) is 12.0 Å². The first-order chi connectivity index (χ1) is 9.66. The van der Waals surface area contributed by atoms with Gasteiger partial charge in [-0.05, 0) is 0 Å². The number of hydrogen-bond acceptors (Lipinski definition) is 5. The van der Waals surface area contributed by atoms with Crippen molar-refractivity contribution in [2.24, 2.45) is 5.92 Å². The van der Waals surface area contributed by atoms with Crippen molar-refractivity contribution >= 4 is 12.2 Å². The Balaban J connectivity index is 2.53. The lowest BCUT2D eigenvalue weighted by atomic mass is 9.99. The number of nitrogens with zero attached hydrogens (tertiary/aromatic N) is 1. The van der Waals surface area contributed by atoms with Gasteiger partial charge in [-0.1, -0.05) is 12.2 Å². The van der Waals surface area contributed by atoms with E-state index in [1.54, 1.807) is 0 Å². The lowest BCUT2D eigenvalue weighted by molar-refractivity contribution is -0.211. The van der Waals surface area contributed by atoms with Crippen molar-refractivity contribution in [3.05, 3.63) is 27.1 Å². The maximum absolute atomic E-state index is 13.4. The number of H-pyrrole nitrogens is 1. The number of hydrogen-bond donors (Lipinski definition) is 3. The number of aliphatic hydroxyl groups excluding tert-OH is 2. The molecule has 1 aromatic rings. The topological polar surface area (TPSA) is 87.5 Å². The molecule has 0 bridgehead atoms. The van der Waals surface area contributed by atoms with Gasteiger partial charge in [-0.2, -0.15) is 13.2 Å². The molecule has 2 rings (SSSR count). The minimum absolute atomic E-state index is 0.322. The maximum Gasteiger partial charge on any atom is 0.398 e. The second-order valence-corrected chi connectivity index (χ2v) is 4.86. The smallest absolute Gasteiger partial charge is 0.394 e. The Bertz CT molecular complexity index is 643. The first-order valence-corrected chi connectivity index (χ1v) is 6.09. The third kappa shape index (κ3) is 2.86. The SMILES string of the molecule is O=c1[nH]c(=S)c(F)cn1[C@@H]1O[C@H](CO)[C@H](O)C1C(F)(F)F. The van der Waals surface area contributed by atoms with E-state index in [-0.39, 0.29) is 0 Å². The van der Waals surface area contributed by atoms with Gasteiger partial charge in [0.1, 0.15) is 16.7 Å². The summed E-state index contributed by atoms with van der Waals surface area (Å²) in [6, 6.07) is 0. The van der Waals surface area contributed by atoms with Crippen LogP contribution in [0.5, 0.6) is 0 Å². The van der Waals surface area contributed by atoms with Gasteiger partial charge >= 0.3 is 11.9 Å². The highest BCUT2D eigenvalue weighted by atomic mass is 32.1. The van der Waals surface area contributed by atoms with Crippen LogP contribution in [0.25, 0.3) is 0 Å². The molecule has 6 nitrogen and oxygen atoms in total. The summed E-state index contributed by atoms with van der Waals surface area (Å²) in [5.41, 5.74) is -1.12. The van der Waals surface area contributed by atoms with Gasteiger partial charge in [-0.3, -0.25) is 9.55 Å². The van der Waals surface area contributed by atoms with E-state index in [0.29, 0.717) is 10.8 Å². The van der Waals surface area contributed by atoms with Gasteiger partial charge in [-0.25, -0.2) is 9.18 Å². The summed E-state index contributed by atoms with van der Waals surface area (Å²) in [5.74, 6) is -3.60. The molecule has 1 aliphatic rings. The van der Waals surface area contributed by atoms with Gasteiger partial charge in [0, 0.05) is 0 Å². The fourth-order valence-corrected chi connectivity index (χ4v) is 2.28. The molecule has 0 saturated carbocycles. The van der Waals surface area contributed by atoms with Crippen LogP contribution in [0.1, 0.15) is 6.23 Å². The molecule has 2 heterocycles. The number of rotatable bonds is 2. The number of halogens is 4. The first kappa shape index (κ1) is 16.1. The average molecular weight is 330 g/mol. The molecule has 118 valence electrons. The molecular weight excluding hydrogens is 320 g/mol. The van der Waals surface area contributed by atoms with Crippen molar-refractivity contribution in [1.29, 1.82) is 0 Å². The zero-order valence-electron chi connectivity index (χ0n) is 10.2. The molecular formula is C10H10F4N2O4S. The normalized spacial score (nSPS) is 29.8. The van der Waals surface area contributed by atoms with Crippen LogP contribution in [0.15, 0.2) is 11.0 Å². The lowest BCUT2D eigenvalue weighted by Gasteiger charge is -2.24. The summed E-state index contributed by atoms with van der Waals surface area (Å²) in [6.45, 7) is -0.885. The summed E-state index contributed by atoms with van der Waals surface area (Å²) < 4.78 is 57.0. The van der Waals surface area contributed by atoms with Gasteiger partial charge in [-0.15, -0.1) is 0 Å². The molecule has 1 saturated heterocycles. The van der Waals surface area contributed by atoms with Crippen LogP contribution in [0.4, 0.5) is 17.6 Å². The summed E-state index contributed by atoms with van der Waals surface area (Å²) in [4.78, 5) is 13.5. The minimum Gasteiger partial charge on any atom is -0.394 e. The molecule has 0 aliphatic carbocycles. The zero-order valence-corrected chi connectivity index (χ0v) is 11.0. The van der Waals surface area contributed by atoms with E-state index < -0.39 is 53.3 Å². The predicted molar refractivity (Wildman–Crippen MR) is 62.4 cm³/mol. The van der Waals surface area contributed by atoms with Crippen molar-refractivity contribution in [2.45, 2.75) is 24.6 Å². The third-order valence-electron chi connectivity index (χ3n) is 3.13. The second kappa shape index (κ2) is 5.48. The molecule has 1 aromatic heterocycles. The summed E-state index contributed by atoms with van der Waals surface area (Å²) >= 11 is 4.45. The number of ether oxygens (including phenoxy) is 1. The Kier molecular flexibility index (Phi) is 4.19. The van der Waals surface area contributed by atoms with Crippen molar-refractivity contribution < 1.29 is 32.5 Å². The van der Waals surface area contributed by atoms with Crippen LogP contribution in [0, 0.1) is 16.4 Å². The van der Waals surface area contributed by atoms with Crippen molar-refractivity contribution in [2.75, 3.05) is 6.61 Å². The molecule has 0 amide bonds. The largest absolute Gasteiger partial charge is 0.398 e. The maximum atomic E-state index is 13.4. The molecule has 3 N–H and O–H groups in total. The summed E-state index contributed by atoms with van der Waals surface area (Å²) in [5, 5.41) is 18.5. The molecule has 1 fully saturated rings. The Labute approximate surface area is 119 Å².